The van der Waals surface area contributed by atoms with E-state index in [0.717, 1.165) is 18.5 Å². The monoisotopic (exact) mass is 413 g/mol. The van der Waals surface area contributed by atoms with E-state index in [4.69, 9.17) is 4.74 Å². The molecule has 0 saturated carbocycles. The molecule has 0 N–H and O–H groups in total. The maximum atomic E-state index is 13.2. The molecule has 0 atom stereocenters. The van der Waals surface area contributed by atoms with Crippen LogP contribution in [0.2, 0.25) is 0 Å². The summed E-state index contributed by atoms with van der Waals surface area (Å²) in [5.41, 5.74) is 1.07. The number of ether oxygens (including phenoxy) is 1. The van der Waals surface area contributed by atoms with Crippen LogP contribution in [0.25, 0.3) is 0 Å². The fourth-order valence-electron chi connectivity index (χ4n) is 3.21. The van der Waals surface area contributed by atoms with Gasteiger partial charge in [-0.25, -0.2) is 0 Å². The number of benzene rings is 1. The Morgan fingerprint density at radius 3 is 2.37 bits per heavy atom. The molecule has 0 aliphatic rings. The van der Waals surface area contributed by atoms with Gasteiger partial charge >= 0.3 is 0 Å². The zero-order valence-corrected chi connectivity index (χ0v) is 18.7. The molecule has 6 heteroatoms. The molecule has 0 aliphatic carbocycles. The zero-order valence-electron chi connectivity index (χ0n) is 18.7. The van der Waals surface area contributed by atoms with E-state index in [1.165, 1.54) is 0 Å². The molecule has 164 valence electrons. The van der Waals surface area contributed by atoms with Crippen molar-refractivity contribution in [3.05, 3.63) is 54.4 Å². The standard InChI is InChI=1S/C24H35N3O3/c1-5-6-15-26(24(29)19-30-22-12-8-7-9-13-22)18-23(28)27(16-20(2)3)17-21-11-10-14-25(21)4/h7-14,20H,5-6,15-19H2,1-4H3. The van der Waals surface area contributed by atoms with Crippen LogP contribution in [0.3, 0.4) is 0 Å². The third kappa shape index (κ3) is 7.58. The summed E-state index contributed by atoms with van der Waals surface area (Å²) < 4.78 is 7.64. The van der Waals surface area contributed by atoms with Gasteiger partial charge < -0.3 is 19.1 Å². The van der Waals surface area contributed by atoms with Gasteiger partial charge in [-0.05, 0) is 36.6 Å². The Labute approximate surface area is 180 Å². The molecule has 0 saturated heterocycles. The number of hydrogen-bond donors (Lipinski definition) is 0. The molecule has 1 aromatic heterocycles. The van der Waals surface area contributed by atoms with Gasteiger partial charge in [-0.15, -0.1) is 0 Å². The van der Waals surface area contributed by atoms with Crippen LogP contribution < -0.4 is 4.74 Å². The molecule has 6 nitrogen and oxygen atoms in total. The molecule has 0 aliphatic heterocycles. The summed E-state index contributed by atoms with van der Waals surface area (Å²) in [6, 6.07) is 13.3. The van der Waals surface area contributed by atoms with Crippen LogP contribution in [0.1, 0.15) is 39.3 Å². The molecule has 0 fully saturated rings. The number of carbonyl (C=O) groups is 2. The number of amides is 2. The lowest BCUT2D eigenvalue weighted by Crippen LogP contribution is -2.45. The highest BCUT2D eigenvalue weighted by Gasteiger charge is 2.22. The Kier molecular flexibility index (Phi) is 9.45. The van der Waals surface area contributed by atoms with Gasteiger partial charge in [0, 0.05) is 32.0 Å². The van der Waals surface area contributed by atoms with Gasteiger partial charge in [-0.2, -0.15) is 0 Å². The maximum absolute atomic E-state index is 13.2. The first kappa shape index (κ1) is 23.5. The van der Waals surface area contributed by atoms with Crippen molar-refractivity contribution in [2.24, 2.45) is 13.0 Å². The molecular weight excluding hydrogens is 378 g/mol. The van der Waals surface area contributed by atoms with Crippen molar-refractivity contribution in [3.8, 4) is 5.75 Å². The second-order valence-electron chi connectivity index (χ2n) is 8.05. The van der Waals surface area contributed by atoms with E-state index in [1.54, 1.807) is 4.90 Å². The average Bonchev–Trinajstić information content (AvgIpc) is 3.13. The van der Waals surface area contributed by atoms with Crippen LogP contribution >= 0.6 is 0 Å². The first-order valence-corrected chi connectivity index (χ1v) is 10.7. The van der Waals surface area contributed by atoms with E-state index in [0.29, 0.717) is 31.3 Å². The largest absolute Gasteiger partial charge is 0.484 e. The number of aromatic nitrogens is 1. The molecule has 2 aromatic rings. The van der Waals surface area contributed by atoms with Crippen LogP contribution in [0, 0.1) is 5.92 Å². The van der Waals surface area contributed by atoms with Crippen LogP contribution in [-0.4, -0.2) is 52.4 Å². The summed E-state index contributed by atoms with van der Waals surface area (Å²) in [6.45, 7) is 8.02. The Balaban J connectivity index is 2.04. The Morgan fingerprint density at radius 1 is 1.03 bits per heavy atom. The van der Waals surface area contributed by atoms with Crippen molar-refractivity contribution in [1.29, 1.82) is 0 Å². The van der Waals surface area contributed by atoms with Crippen LogP contribution in [0.4, 0.5) is 0 Å². The quantitative estimate of drug-likeness (QED) is 0.533. The molecule has 2 rings (SSSR count). The number of hydrogen-bond acceptors (Lipinski definition) is 3. The molecule has 1 aromatic carbocycles. The molecule has 2 amide bonds. The number of para-hydroxylation sites is 1. The normalized spacial score (nSPS) is 10.8. The molecular formula is C24H35N3O3. The lowest BCUT2D eigenvalue weighted by molar-refractivity contribution is -0.142. The van der Waals surface area contributed by atoms with E-state index in [9.17, 15) is 9.59 Å². The Hall–Kier alpha value is -2.76. The average molecular weight is 414 g/mol. The molecule has 0 bridgehead atoms. The summed E-state index contributed by atoms with van der Waals surface area (Å²) >= 11 is 0. The van der Waals surface area contributed by atoms with Crippen LogP contribution in [0.5, 0.6) is 5.75 Å². The minimum absolute atomic E-state index is 0.0333. The lowest BCUT2D eigenvalue weighted by atomic mass is 10.2. The SMILES string of the molecule is CCCCN(CC(=O)N(Cc1cccn1C)CC(C)C)C(=O)COc1ccccc1. The summed E-state index contributed by atoms with van der Waals surface area (Å²) in [4.78, 5) is 29.4. The highest BCUT2D eigenvalue weighted by Crippen LogP contribution is 2.11. The van der Waals surface area contributed by atoms with E-state index < -0.39 is 0 Å². The van der Waals surface area contributed by atoms with Gasteiger partial charge in [-0.1, -0.05) is 45.4 Å². The molecule has 0 spiro atoms. The van der Waals surface area contributed by atoms with Crippen LogP contribution in [0.15, 0.2) is 48.7 Å². The van der Waals surface area contributed by atoms with E-state index in [1.807, 2.05) is 65.2 Å². The van der Waals surface area contributed by atoms with Crippen molar-refractivity contribution < 1.29 is 14.3 Å². The zero-order chi connectivity index (χ0) is 21.9. The third-order valence-electron chi connectivity index (χ3n) is 4.91. The van der Waals surface area contributed by atoms with Gasteiger partial charge in [0.1, 0.15) is 5.75 Å². The lowest BCUT2D eigenvalue weighted by Gasteiger charge is -2.29. The summed E-state index contributed by atoms with van der Waals surface area (Å²) in [7, 11) is 1.98. The predicted octanol–water partition coefficient (Wildman–Crippen LogP) is 3.72. The molecule has 0 radical (unpaired) electrons. The minimum atomic E-state index is -0.163. The number of nitrogens with zero attached hydrogens (tertiary/aromatic N) is 3. The Bertz CT molecular complexity index is 786. The van der Waals surface area contributed by atoms with Crippen molar-refractivity contribution in [1.82, 2.24) is 14.4 Å². The number of carbonyl (C=O) groups excluding carboxylic acids is 2. The van der Waals surface area contributed by atoms with Crippen molar-refractivity contribution >= 4 is 11.8 Å². The van der Waals surface area contributed by atoms with Gasteiger partial charge in [0.15, 0.2) is 6.61 Å². The summed E-state index contributed by atoms with van der Waals surface area (Å²) in [5.74, 6) is 0.797. The first-order valence-electron chi connectivity index (χ1n) is 10.7. The highest BCUT2D eigenvalue weighted by atomic mass is 16.5. The summed E-state index contributed by atoms with van der Waals surface area (Å²) in [6.07, 6.45) is 3.79. The molecule has 0 unspecified atom stereocenters. The molecule has 30 heavy (non-hydrogen) atoms. The molecule has 1 heterocycles. The topological polar surface area (TPSA) is 54.8 Å². The van der Waals surface area contributed by atoms with Crippen molar-refractivity contribution in [2.75, 3.05) is 26.2 Å². The first-order chi connectivity index (χ1) is 14.4. The number of aryl methyl sites for hydroxylation is 1. The van der Waals surface area contributed by atoms with Crippen molar-refractivity contribution in [3.63, 3.8) is 0 Å². The second kappa shape index (κ2) is 12.1. The highest BCUT2D eigenvalue weighted by molar-refractivity contribution is 5.85. The fourth-order valence-corrected chi connectivity index (χ4v) is 3.21. The maximum Gasteiger partial charge on any atom is 0.260 e. The fraction of sp³-hybridized carbons (Fsp3) is 0.500. The number of unbranched alkanes of at least 4 members (excludes halogenated alkanes) is 1. The van der Waals surface area contributed by atoms with Crippen LogP contribution in [-0.2, 0) is 23.2 Å². The van der Waals surface area contributed by atoms with Gasteiger partial charge in [0.2, 0.25) is 5.91 Å². The minimum Gasteiger partial charge on any atom is -0.484 e. The van der Waals surface area contributed by atoms with E-state index in [2.05, 4.69) is 20.8 Å². The second-order valence-corrected chi connectivity index (χ2v) is 8.05. The van der Waals surface area contributed by atoms with Gasteiger partial charge in [0.05, 0.1) is 13.1 Å². The van der Waals surface area contributed by atoms with E-state index >= 15 is 0 Å². The predicted molar refractivity (Wildman–Crippen MR) is 119 cm³/mol. The van der Waals surface area contributed by atoms with Gasteiger partial charge in [0.25, 0.3) is 5.91 Å². The third-order valence-corrected chi connectivity index (χ3v) is 4.91. The van der Waals surface area contributed by atoms with Crippen molar-refractivity contribution in [2.45, 2.75) is 40.2 Å². The Morgan fingerprint density at radius 2 is 1.77 bits per heavy atom. The van der Waals surface area contributed by atoms with Gasteiger partial charge in [-0.3, -0.25) is 9.59 Å². The summed E-state index contributed by atoms with van der Waals surface area (Å²) in [5, 5.41) is 0. The number of rotatable bonds is 12. The van der Waals surface area contributed by atoms with E-state index in [-0.39, 0.29) is 25.0 Å². The smallest absolute Gasteiger partial charge is 0.260 e.